The number of anilines is 1. The number of nitrogens with zero attached hydrogens (tertiary/aromatic N) is 2. The molecule has 1 N–H and O–H groups in total. The maximum absolute atomic E-state index is 5.98. The molecule has 0 spiro atoms. The lowest BCUT2D eigenvalue weighted by molar-refractivity contribution is 0.457. The predicted octanol–water partition coefficient (Wildman–Crippen LogP) is 4.32. The van der Waals surface area contributed by atoms with Gasteiger partial charge in [-0.2, -0.15) is 4.98 Å². The van der Waals surface area contributed by atoms with Crippen molar-refractivity contribution in [2.75, 3.05) is 11.9 Å². The van der Waals surface area contributed by atoms with Crippen LogP contribution in [0, 0.1) is 27.7 Å². The molecule has 0 saturated carbocycles. The van der Waals surface area contributed by atoms with Gasteiger partial charge in [-0.3, -0.25) is 0 Å². The SMILES string of the molecule is CCCNc1nc(C)cc(Oc2cc(C)cc(C)c2C)n1. The van der Waals surface area contributed by atoms with Crippen LogP contribution in [0.5, 0.6) is 11.6 Å². The van der Waals surface area contributed by atoms with Crippen molar-refractivity contribution >= 4 is 5.95 Å². The van der Waals surface area contributed by atoms with Gasteiger partial charge in [0.05, 0.1) is 0 Å². The highest BCUT2D eigenvalue weighted by atomic mass is 16.5. The van der Waals surface area contributed by atoms with E-state index >= 15 is 0 Å². The van der Waals surface area contributed by atoms with Crippen LogP contribution in [0.4, 0.5) is 5.95 Å². The number of nitrogens with one attached hydrogen (secondary N) is 1. The van der Waals surface area contributed by atoms with E-state index < -0.39 is 0 Å². The van der Waals surface area contributed by atoms with Crippen LogP contribution in [0.2, 0.25) is 0 Å². The number of benzene rings is 1. The summed E-state index contributed by atoms with van der Waals surface area (Å²) in [6.07, 6.45) is 1.03. The standard InChI is InChI=1S/C17H23N3O/c1-6-7-18-17-19-13(4)10-16(20-17)21-15-9-11(2)8-12(3)14(15)5/h8-10H,6-7H2,1-5H3,(H,18,19,20). The fourth-order valence-corrected chi connectivity index (χ4v) is 2.13. The average molecular weight is 285 g/mol. The Morgan fingerprint density at radius 1 is 1.05 bits per heavy atom. The molecule has 2 rings (SSSR count). The normalized spacial score (nSPS) is 10.5. The number of aryl methyl sites for hydroxylation is 3. The van der Waals surface area contributed by atoms with E-state index in [2.05, 4.69) is 49.0 Å². The molecule has 0 atom stereocenters. The lowest BCUT2D eigenvalue weighted by Crippen LogP contribution is -2.06. The largest absolute Gasteiger partial charge is 0.439 e. The lowest BCUT2D eigenvalue weighted by Gasteiger charge is -2.12. The Labute approximate surface area is 126 Å². The number of hydrogen-bond acceptors (Lipinski definition) is 4. The predicted molar refractivity (Wildman–Crippen MR) is 86.3 cm³/mol. The second-order valence-corrected chi connectivity index (χ2v) is 5.40. The molecule has 1 aromatic carbocycles. The van der Waals surface area contributed by atoms with Crippen molar-refractivity contribution in [1.29, 1.82) is 0 Å². The Hall–Kier alpha value is -2.10. The van der Waals surface area contributed by atoms with Gasteiger partial charge in [-0.1, -0.05) is 13.0 Å². The topological polar surface area (TPSA) is 47.0 Å². The van der Waals surface area contributed by atoms with E-state index in [4.69, 9.17) is 4.74 Å². The van der Waals surface area contributed by atoms with Gasteiger partial charge in [-0.05, 0) is 56.9 Å². The fraction of sp³-hybridized carbons (Fsp3) is 0.412. The molecule has 0 saturated heterocycles. The summed E-state index contributed by atoms with van der Waals surface area (Å²) in [6.45, 7) is 11.1. The van der Waals surface area contributed by atoms with Crippen molar-refractivity contribution in [3.63, 3.8) is 0 Å². The minimum atomic E-state index is 0.578. The van der Waals surface area contributed by atoms with E-state index in [0.717, 1.165) is 30.0 Å². The molecule has 1 aromatic heterocycles. The molecule has 0 aliphatic heterocycles. The third-order valence-electron chi connectivity index (χ3n) is 3.34. The summed E-state index contributed by atoms with van der Waals surface area (Å²) in [4.78, 5) is 8.79. The van der Waals surface area contributed by atoms with Gasteiger partial charge >= 0.3 is 0 Å². The van der Waals surface area contributed by atoms with Crippen molar-refractivity contribution in [2.45, 2.75) is 41.0 Å². The van der Waals surface area contributed by atoms with E-state index in [1.165, 1.54) is 11.1 Å². The summed E-state index contributed by atoms with van der Waals surface area (Å²) in [7, 11) is 0. The average Bonchev–Trinajstić information content (AvgIpc) is 2.41. The molecule has 4 nitrogen and oxygen atoms in total. The van der Waals surface area contributed by atoms with Gasteiger partial charge in [0.1, 0.15) is 5.75 Å². The summed E-state index contributed by atoms with van der Waals surface area (Å²) in [5.41, 5.74) is 4.43. The van der Waals surface area contributed by atoms with Crippen molar-refractivity contribution in [1.82, 2.24) is 9.97 Å². The highest BCUT2D eigenvalue weighted by Gasteiger charge is 2.08. The van der Waals surface area contributed by atoms with Crippen LogP contribution in [-0.2, 0) is 0 Å². The quantitative estimate of drug-likeness (QED) is 0.888. The lowest BCUT2D eigenvalue weighted by atomic mass is 10.1. The molecule has 0 aliphatic carbocycles. The van der Waals surface area contributed by atoms with Crippen molar-refractivity contribution in [2.24, 2.45) is 0 Å². The zero-order valence-electron chi connectivity index (χ0n) is 13.4. The first-order valence-corrected chi connectivity index (χ1v) is 7.35. The van der Waals surface area contributed by atoms with E-state index in [9.17, 15) is 0 Å². The summed E-state index contributed by atoms with van der Waals surface area (Å²) >= 11 is 0. The Morgan fingerprint density at radius 2 is 1.81 bits per heavy atom. The fourth-order valence-electron chi connectivity index (χ4n) is 2.13. The van der Waals surface area contributed by atoms with Gasteiger partial charge in [0.2, 0.25) is 11.8 Å². The van der Waals surface area contributed by atoms with Gasteiger partial charge < -0.3 is 10.1 Å². The Bertz CT molecular complexity index is 638. The monoisotopic (exact) mass is 285 g/mol. The van der Waals surface area contributed by atoms with Crippen LogP contribution in [0.3, 0.4) is 0 Å². The highest BCUT2D eigenvalue weighted by molar-refractivity contribution is 5.44. The first-order valence-electron chi connectivity index (χ1n) is 7.35. The molecule has 112 valence electrons. The molecule has 1 heterocycles. The number of hydrogen-bond donors (Lipinski definition) is 1. The molecular formula is C17H23N3O. The molecule has 2 aromatic rings. The van der Waals surface area contributed by atoms with Crippen molar-refractivity contribution < 1.29 is 4.74 Å². The minimum absolute atomic E-state index is 0.578. The van der Waals surface area contributed by atoms with E-state index in [-0.39, 0.29) is 0 Å². The molecule has 0 radical (unpaired) electrons. The number of rotatable bonds is 5. The molecular weight excluding hydrogens is 262 g/mol. The van der Waals surface area contributed by atoms with Gasteiger partial charge in [-0.15, -0.1) is 0 Å². The second-order valence-electron chi connectivity index (χ2n) is 5.40. The van der Waals surface area contributed by atoms with Crippen LogP contribution in [0.15, 0.2) is 18.2 Å². The molecule has 0 unspecified atom stereocenters. The maximum atomic E-state index is 5.98. The molecule has 0 fully saturated rings. The first kappa shape index (κ1) is 15.3. The zero-order chi connectivity index (χ0) is 15.4. The van der Waals surface area contributed by atoms with E-state index in [1.54, 1.807) is 0 Å². The van der Waals surface area contributed by atoms with E-state index in [1.807, 2.05) is 19.1 Å². The third-order valence-corrected chi connectivity index (χ3v) is 3.34. The van der Waals surface area contributed by atoms with Crippen LogP contribution >= 0.6 is 0 Å². The third kappa shape index (κ3) is 3.94. The van der Waals surface area contributed by atoms with Gasteiger partial charge in [-0.25, -0.2) is 4.98 Å². The van der Waals surface area contributed by atoms with Crippen LogP contribution in [0.1, 0.15) is 35.7 Å². The van der Waals surface area contributed by atoms with Crippen LogP contribution < -0.4 is 10.1 Å². The van der Waals surface area contributed by atoms with Gasteiger partial charge in [0.25, 0.3) is 0 Å². The number of aromatic nitrogens is 2. The molecule has 4 heteroatoms. The maximum Gasteiger partial charge on any atom is 0.226 e. The summed E-state index contributed by atoms with van der Waals surface area (Å²) in [5, 5.41) is 3.20. The molecule has 0 bridgehead atoms. The van der Waals surface area contributed by atoms with Gasteiger partial charge in [0, 0.05) is 18.3 Å². The van der Waals surface area contributed by atoms with Crippen molar-refractivity contribution in [3.8, 4) is 11.6 Å². The summed E-state index contributed by atoms with van der Waals surface area (Å²) < 4.78 is 5.98. The summed E-state index contributed by atoms with van der Waals surface area (Å²) in [6, 6.07) is 6.05. The van der Waals surface area contributed by atoms with E-state index in [0.29, 0.717) is 11.8 Å². The summed E-state index contributed by atoms with van der Waals surface area (Å²) in [5.74, 6) is 2.05. The Morgan fingerprint density at radius 3 is 2.52 bits per heavy atom. The van der Waals surface area contributed by atoms with Crippen molar-refractivity contribution in [3.05, 3.63) is 40.6 Å². The van der Waals surface area contributed by atoms with Gasteiger partial charge in [0.15, 0.2) is 0 Å². The molecule has 0 amide bonds. The molecule has 0 aliphatic rings. The minimum Gasteiger partial charge on any atom is -0.439 e. The number of ether oxygens (including phenoxy) is 1. The zero-order valence-corrected chi connectivity index (χ0v) is 13.4. The molecule has 21 heavy (non-hydrogen) atoms. The Balaban J connectivity index is 2.29. The Kier molecular flexibility index (Phi) is 4.78. The highest BCUT2D eigenvalue weighted by Crippen LogP contribution is 2.28. The first-order chi connectivity index (χ1) is 9.99. The second kappa shape index (κ2) is 6.57. The smallest absolute Gasteiger partial charge is 0.226 e. The van der Waals surface area contributed by atoms with Crippen LogP contribution in [0.25, 0.3) is 0 Å². The van der Waals surface area contributed by atoms with Crippen LogP contribution in [-0.4, -0.2) is 16.5 Å².